The van der Waals surface area contributed by atoms with Gasteiger partial charge in [-0.1, -0.05) is 41.9 Å². The number of nitrogens with zero attached hydrogens (tertiary/aromatic N) is 6. The first-order chi connectivity index (χ1) is 15.7. The summed E-state index contributed by atoms with van der Waals surface area (Å²) in [7, 11) is 2.00. The maximum atomic E-state index is 6.02. The molecular weight excluding hydrogens is 440 g/mol. The predicted molar refractivity (Wildman–Crippen MR) is 126 cm³/mol. The van der Waals surface area contributed by atoms with Gasteiger partial charge in [-0.05, 0) is 47.7 Å². The standard InChI is InChI=1S/C24H17ClN6S/c1-31-23(20-4-2-3-12-26-20)30-22(24(31)32-21-10-9-19(25)15-27-21)17-7-5-16(6-8-17)18-11-13-28-29-14-18/h2-15H,1H3. The van der Waals surface area contributed by atoms with Crippen LogP contribution < -0.4 is 0 Å². The highest BCUT2D eigenvalue weighted by molar-refractivity contribution is 7.99. The van der Waals surface area contributed by atoms with E-state index >= 15 is 0 Å². The summed E-state index contributed by atoms with van der Waals surface area (Å²) in [6.07, 6.45) is 6.86. The zero-order valence-corrected chi connectivity index (χ0v) is 18.6. The Bertz CT molecular complexity index is 1340. The lowest BCUT2D eigenvalue weighted by atomic mass is 10.1. The Morgan fingerprint density at radius 3 is 2.31 bits per heavy atom. The summed E-state index contributed by atoms with van der Waals surface area (Å²) in [6.45, 7) is 0. The molecule has 1 aromatic carbocycles. The maximum absolute atomic E-state index is 6.02. The molecule has 156 valence electrons. The molecule has 0 saturated heterocycles. The molecule has 0 spiro atoms. The molecule has 0 unspecified atom stereocenters. The number of rotatable bonds is 5. The summed E-state index contributed by atoms with van der Waals surface area (Å²) < 4.78 is 2.05. The van der Waals surface area contributed by atoms with E-state index in [2.05, 4.69) is 49.0 Å². The normalized spacial score (nSPS) is 10.9. The van der Waals surface area contributed by atoms with E-state index < -0.39 is 0 Å². The Morgan fingerprint density at radius 2 is 1.62 bits per heavy atom. The number of pyridine rings is 2. The molecule has 8 heteroatoms. The minimum absolute atomic E-state index is 0.606. The molecule has 0 bridgehead atoms. The fourth-order valence-electron chi connectivity index (χ4n) is 3.32. The van der Waals surface area contributed by atoms with E-state index in [-0.39, 0.29) is 0 Å². The summed E-state index contributed by atoms with van der Waals surface area (Å²) in [4.78, 5) is 13.9. The van der Waals surface area contributed by atoms with Gasteiger partial charge in [-0.3, -0.25) is 4.98 Å². The molecule has 0 saturated carbocycles. The van der Waals surface area contributed by atoms with Crippen molar-refractivity contribution >= 4 is 23.4 Å². The van der Waals surface area contributed by atoms with Gasteiger partial charge in [-0.15, -0.1) is 0 Å². The van der Waals surface area contributed by atoms with E-state index in [0.717, 1.165) is 44.0 Å². The minimum atomic E-state index is 0.606. The van der Waals surface area contributed by atoms with Crippen molar-refractivity contribution in [1.29, 1.82) is 0 Å². The first-order valence-electron chi connectivity index (χ1n) is 9.84. The second-order valence-corrected chi connectivity index (χ2v) is 8.43. The summed E-state index contributed by atoms with van der Waals surface area (Å²) >= 11 is 7.56. The Balaban J connectivity index is 1.59. The third-order valence-corrected chi connectivity index (χ3v) is 6.25. The van der Waals surface area contributed by atoms with Crippen LogP contribution in [0.15, 0.2) is 95.5 Å². The van der Waals surface area contributed by atoms with Crippen LogP contribution in [0.2, 0.25) is 5.02 Å². The molecule has 0 amide bonds. The Morgan fingerprint density at radius 1 is 0.781 bits per heavy atom. The first kappa shape index (κ1) is 20.4. The van der Waals surface area contributed by atoms with Crippen LogP contribution in [0.4, 0.5) is 0 Å². The topological polar surface area (TPSA) is 69.4 Å². The molecule has 0 fully saturated rings. The van der Waals surface area contributed by atoms with Crippen LogP contribution in [0.3, 0.4) is 0 Å². The molecule has 32 heavy (non-hydrogen) atoms. The number of imidazole rings is 1. The molecule has 0 radical (unpaired) electrons. The molecule has 5 rings (SSSR count). The van der Waals surface area contributed by atoms with Gasteiger partial charge in [0.15, 0.2) is 5.82 Å². The van der Waals surface area contributed by atoms with Crippen LogP contribution in [-0.2, 0) is 7.05 Å². The summed E-state index contributed by atoms with van der Waals surface area (Å²) in [6, 6.07) is 19.8. The molecule has 0 aliphatic carbocycles. The lowest BCUT2D eigenvalue weighted by Crippen LogP contribution is -1.96. The second-order valence-electron chi connectivity index (χ2n) is 6.99. The van der Waals surface area contributed by atoms with Gasteiger partial charge in [0.25, 0.3) is 0 Å². The van der Waals surface area contributed by atoms with E-state index in [9.17, 15) is 0 Å². The van der Waals surface area contributed by atoms with Gasteiger partial charge in [0.1, 0.15) is 21.4 Å². The molecule has 4 heterocycles. The van der Waals surface area contributed by atoms with Crippen molar-refractivity contribution in [3.63, 3.8) is 0 Å². The van der Waals surface area contributed by atoms with Crippen molar-refractivity contribution in [1.82, 2.24) is 29.7 Å². The second kappa shape index (κ2) is 8.90. The van der Waals surface area contributed by atoms with Crippen LogP contribution >= 0.6 is 23.4 Å². The first-order valence-corrected chi connectivity index (χ1v) is 11.0. The third kappa shape index (κ3) is 4.12. The fourth-order valence-corrected chi connectivity index (χ4v) is 4.35. The molecule has 0 aliphatic heterocycles. The van der Waals surface area contributed by atoms with Gasteiger partial charge < -0.3 is 4.57 Å². The number of aromatic nitrogens is 6. The lowest BCUT2D eigenvalue weighted by molar-refractivity contribution is 0.830. The van der Waals surface area contributed by atoms with E-state index in [1.54, 1.807) is 36.5 Å². The maximum Gasteiger partial charge on any atom is 0.159 e. The van der Waals surface area contributed by atoms with Crippen molar-refractivity contribution < 1.29 is 0 Å². The monoisotopic (exact) mass is 456 g/mol. The van der Waals surface area contributed by atoms with E-state index in [1.165, 1.54) is 0 Å². The van der Waals surface area contributed by atoms with Crippen molar-refractivity contribution in [3.05, 3.63) is 90.5 Å². The largest absolute Gasteiger partial charge is 0.320 e. The van der Waals surface area contributed by atoms with Crippen molar-refractivity contribution in [2.75, 3.05) is 0 Å². The van der Waals surface area contributed by atoms with Gasteiger partial charge >= 0.3 is 0 Å². The predicted octanol–water partition coefficient (Wildman–Crippen LogP) is 5.81. The minimum Gasteiger partial charge on any atom is -0.320 e. The van der Waals surface area contributed by atoms with Crippen LogP contribution in [0.25, 0.3) is 33.9 Å². The summed E-state index contributed by atoms with van der Waals surface area (Å²) in [5.74, 6) is 0.791. The van der Waals surface area contributed by atoms with Gasteiger partial charge in [-0.2, -0.15) is 10.2 Å². The lowest BCUT2D eigenvalue weighted by Gasteiger charge is -2.07. The zero-order valence-electron chi connectivity index (χ0n) is 17.1. The quantitative estimate of drug-likeness (QED) is 0.332. The highest BCUT2D eigenvalue weighted by atomic mass is 35.5. The smallest absolute Gasteiger partial charge is 0.159 e. The molecule has 0 N–H and O–H groups in total. The Labute approximate surface area is 194 Å². The van der Waals surface area contributed by atoms with Crippen LogP contribution in [0.5, 0.6) is 0 Å². The molecule has 0 atom stereocenters. The van der Waals surface area contributed by atoms with Crippen molar-refractivity contribution in [2.24, 2.45) is 7.05 Å². The van der Waals surface area contributed by atoms with E-state index in [4.69, 9.17) is 16.6 Å². The van der Waals surface area contributed by atoms with E-state index in [0.29, 0.717) is 5.02 Å². The third-order valence-electron chi connectivity index (χ3n) is 4.91. The zero-order chi connectivity index (χ0) is 21.9. The van der Waals surface area contributed by atoms with Gasteiger partial charge in [0.2, 0.25) is 0 Å². The number of benzene rings is 1. The van der Waals surface area contributed by atoms with Crippen molar-refractivity contribution in [3.8, 4) is 33.9 Å². The SMILES string of the molecule is Cn1c(-c2ccccn2)nc(-c2ccc(-c3ccnnc3)cc2)c1Sc1ccc(Cl)cn1. The van der Waals surface area contributed by atoms with Gasteiger partial charge in [0, 0.05) is 30.6 Å². The number of halogens is 1. The van der Waals surface area contributed by atoms with Gasteiger partial charge in [-0.25, -0.2) is 9.97 Å². The molecular formula is C24H17ClN6S. The van der Waals surface area contributed by atoms with Crippen LogP contribution in [0, 0.1) is 0 Å². The average Bonchev–Trinajstić information content (AvgIpc) is 3.17. The van der Waals surface area contributed by atoms with Crippen LogP contribution in [0.1, 0.15) is 0 Å². The molecule has 5 aromatic rings. The molecule has 4 aromatic heterocycles. The summed E-state index contributed by atoms with van der Waals surface area (Å²) in [5.41, 5.74) is 4.77. The highest BCUT2D eigenvalue weighted by Gasteiger charge is 2.20. The fraction of sp³-hybridized carbons (Fsp3) is 0.0417. The highest BCUT2D eigenvalue weighted by Crippen LogP contribution is 2.38. The number of hydrogen-bond acceptors (Lipinski definition) is 6. The van der Waals surface area contributed by atoms with Crippen LogP contribution in [-0.4, -0.2) is 29.7 Å². The Hall–Kier alpha value is -3.55. The van der Waals surface area contributed by atoms with Crippen molar-refractivity contribution in [2.45, 2.75) is 10.1 Å². The molecule has 6 nitrogen and oxygen atoms in total. The number of hydrogen-bond donors (Lipinski definition) is 0. The molecule has 0 aliphatic rings. The average molecular weight is 457 g/mol. The van der Waals surface area contributed by atoms with Gasteiger partial charge in [0.05, 0.1) is 17.4 Å². The summed E-state index contributed by atoms with van der Waals surface area (Å²) in [5, 5.41) is 10.2. The Kier molecular flexibility index (Phi) is 5.66. The van der Waals surface area contributed by atoms with E-state index in [1.807, 2.05) is 43.4 Å².